The Morgan fingerprint density at radius 1 is 0.539 bits per heavy atom. The van der Waals surface area contributed by atoms with Gasteiger partial charge in [0.05, 0.1) is 46.6 Å². The normalized spacial score (nSPS) is 13.1. The van der Waals surface area contributed by atoms with E-state index in [1.807, 2.05) is 54.9 Å². The molecule has 0 saturated carbocycles. The van der Waals surface area contributed by atoms with Gasteiger partial charge in [0, 0.05) is 40.7 Å². The molecule has 76 heavy (non-hydrogen) atoms. The highest BCUT2D eigenvalue weighted by atomic mass is 16.3. The molecule has 6 nitrogen and oxygen atoms in total. The molecule has 0 bridgehead atoms. The fourth-order valence-corrected chi connectivity index (χ4v) is 10.8. The molecule has 0 amide bonds. The average Bonchev–Trinajstić information content (AvgIpc) is 4.06. The molecule has 0 aliphatic carbocycles. The summed E-state index contributed by atoms with van der Waals surface area (Å²) in [6, 6.07) is 59.8. The first-order valence-corrected chi connectivity index (χ1v) is 25.8. The molecule has 5 aromatic heterocycles. The molecule has 8 aromatic carbocycles. The number of imidazole rings is 1. The fourth-order valence-electron chi connectivity index (χ4n) is 10.8. The van der Waals surface area contributed by atoms with Crippen molar-refractivity contribution in [3.8, 4) is 61.7 Å². The molecule has 0 aliphatic heterocycles. The van der Waals surface area contributed by atoms with Crippen molar-refractivity contribution in [2.24, 2.45) is 0 Å². The van der Waals surface area contributed by atoms with Crippen LogP contribution in [0.1, 0.15) is 70.8 Å². The van der Waals surface area contributed by atoms with Crippen LogP contribution in [-0.4, -0.2) is 19.1 Å². The lowest BCUT2D eigenvalue weighted by molar-refractivity contribution is -0.571. The first kappa shape index (κ1) is 41.2. The summed E-state index contributed by atoms with van der Waals surface area (Å²) in [6.07, 6.45) is 9.83. The van der Waals surface area contributed by atoms with Crippen LogP contribution in [0.4, 0.5) is 0 Å². The van der Waals surface area contributed by atoms with Gasteiger partial charge in [0.25, 0.3) is 6.33 Å². The first-order valence-electron chi connectivity index (χ1n) is 28.3. The molecule has 0 spiro atoms. The summed E-state index contributed by atoms with van der Waals surface area (Å²) in [4.78, 5) is 9.82. The second-order valence-corrected chi connectivity index (χ2v) is 21.8. The Hall–Kier alpha value is -9.13. The van der Waals surface area contributed by atoms with Gasteiger partial charge in [-0.2, -0.15) is 0 Å². The molecule has 0 radical (unpaired) electrons. The van der Waals surface area contributed by atoms with Crippen LogP contribution in [-0.2, 0) is 17.3 Å². The Morgan fingerprint density at radius 2 is 1.24 bits per heavy atom. The third-order valence-corrected chi connectivity index (χ3v) is 14.7. The van der Waals surface area contributed by atoms with Crippen molar-refractivity contribution in [3.63, 3.8) is 0 Å². The zero-order valence-corrected chi connectivity index (χ0v) is 43.3. The van der Waals surface area contributed by atoms with Crippen molar-refractivity contribution in [3.05, 3.63) is 254 Å². The van der Waals surface area contributed by atoms with Crippen molar-refractivity contribution < 1.29 is 15.8 Å². The lowest BCUT2D eigenvalue weighted by Gasteiger charge is -2.23. The first-order chi connectivity index (χ1) is 39.0. The summed E-state index contributed by atoms with van der Waals surface area (Å²) in [5, 5.41) is 3.24. The Morgan fingerprint density at radius 3 is 2.05 bits per heavy atom. The van der Waals surface area contributed by atoms with Crippen LogP contribution in [0.3, 0.4) is 0 Å². The molecule has 368 valence electrons. The van der Waals surface area contributed by atoms with Gasteiger partial charge in [0.15, 0.2) is 11.4 Å². The van der Waals surface area contributed by atoms with Gasteiger partial charge in [-0.1, -0.05) is 199 Å². The lowest BCUT2D eigenvalue weighted by atomic mass is 9.82. The highest BCUT2D eigenvalue weighted by Crippen LogP contribution is 2.41. The van der Waals surface area contributed by atoms with E-state index >= 15 is 0 Å². The lowest BCUT2D eigenvalue weighted by Crippen LogP contribution is -2.31. The van der Waals surface area contributed by atoms with Crippen LogP contribution in [0.5, 0.6) is 0 Å². The predicted molar refractivity (Wildman–Crippen MR) is 312 cm³/mol. The van der Waals surface area contributed by atoms with Gasteiger partial charge >= 0.3 is 0 Å². The summed E-state index contributed by atoms with van der Waals surface area (Å²) in [6.45, 7) is 13.1. The SMILES string of the molecule is [2H]c1c([2H])c([2H])c(-c2cc(-c3cccc(-c4cccc(-c5ccc(C(C)(C)C)cc5)c4)c3-[n+]3[c-]n(-c4ccnc(Cc5ccc6c7ccccc7n(-c7nccc8ccoc78)c6c5)c4)c4ccccc43)cc(C(C)(C)C)c2)c([2H])c1[2H]. The molecule has 5 heterocycles. The second kappa shape index (κ2) is 18.4. The number of furan rings is 1. The van der Waals surface area contributed by atoms with Gasteiger partial charge in [0.1, 0.15) is 0 Å². The Bertz CT molecular complexity index is 4620. The maximum Gasteiger partial charge on any atom is 0.269 e. The highest BCUT2D eigenvalue weighted by Gasteiger charge is 2.24. The smallest absolute Gasteiger partial charge is 0.269 e. The van der Waals surface area contributed by atoms with Gasteiger partial charge < -0.3 is 4.42 Å². The van der Waals surface area contributed by atoms with Gasteiger partial charge in [-0.25, -0.2) is 4.98 Å². The number of hydrogen-bond acceptors (Lipinski definition) is 3. The minimum absolute atomic E-state index is 0.0150. The van der Waals surface area contributed by atoms with Gasteiger partial charge in [-0.05, 0) is 121 Å². The van der Waals surface area contributed by atoms with E-state index in [0.717, 1.165) is 111 Å². The molecule has 13 aromatic rings. The molecular formula is C70H57N5O. The number of nitrogens with zero attached hydrogens (tertiary/aromatic N) is 5. The Labute approximate surface area is 450 Å². The molecule has 0 N–H and O–H groups in total. The van der Waals surface area contributed by atoms with E-state index in [-0.39, 0.29) is 40.6 Å². The summed E-state index contributed by atoms with van der Waals surface area (Å²) < 4.78 is 56.4. The van der Waals surface area contributed by atoms with Crippen LogP contribution in [0, 0.1) is 6.33 Å². The molecule has 0 unspecified atom stereocenters. The number of benzene rings is 8. The van der Waals surface area contributed by atoms with E-state index in [1.54, 1.807) is 6.26 Å². The standard InChI is InChI=1S/C70H57N5O/c1-69(2,3)54-29-27-48(28-30-54)50-18-14-19-51(40-50)58-21-15-22-59(53-41-52(47-16-8-7-9-17-47)42-55(43-53)70(4,5)6)66(58)74-45-73(63-24-12-13-25-64(63)74)57-33-36-71-56(44-57)38-46-26-31-61-60-20-10-11-23-62(60)75(65(61)39-46)68-67-49(32-35-72-68)34-37-76-67/h7-37,39-44H,38H2,1-6H3/i7D,8D,9D,16D,17D. The molecule has 0 aliphatic rings. The van der Waals surface area contributed by atoms with Gasteiger partial charge in [0.2, 0.25) is 0 Å². The van der Waals surface area contributed by atoms with E-state index in [1.165, 1.54) is 5.56 Å². The molecule has 13 rings (SSSR count). The van der Waals surface area contributed by atoms with Crippen molar-refractivity contribution in [2.75, 3.05) is 0 Å². The van der Waals surface area contributed by atoms with Crippen molar-refractivity contribution >= 4 is 43.8 Å². The van der Waals surface area contributed by atoms with Crippen LogP contribution in [0.15, 0.2) is 229 Å². The second-order valence-electron chi connectivity index (χ2n) is 21.8. The minimum Gasteiger partial charge on any atom is -0.460 e. The Kier molecular flexibility index (Phi) is 9.96. The zero-order chi connectivity index (χ0) is 56.1. The average molecular weight is 989 g/mol. The molecular weight excluding hydrogens is 927 g/mol. The van der Waals surface area contributed by atoms with E-state index in [0.29, 0.717) is 12.0 Å². The highest BCUT2D eigenvalue weighted by molar-refractivity contribution is 6.10. The van der Waals surface area contributed by atoms with Crippen LogP contribution < -0.4 is 4.57 Å². The fraction of sp³-hybridized carbons (Fsp3) is 0.129. The Balaban J connectivity index is 0.983. The van der Waals surface area contributed by atoms with Crippen LogP contribution in [0.2, 0.25) is 0 Å². The monoisotopic (exact) mass is 988 g/mol. The van der Waals surface area contributed by atoms with Gasteiger partial charge in [-0.3, -0.25) is 18.7 Å². The number of hydrogen-bond donors (Lipinski definition) is 0. The molecule has 6 heteroatoms. The van der Waals surface area contributed by atoms with Crippen molar-refractivity contribution in [2.45, 2.75) is 58.8 Å². The van der Waals surface area contributed by atoms with Gasteiger partial charge in [-0.15, -0.1) is 0 Å². The quantitative estimate of drug-likeness (QED) is 0.107. The van der Waals surface area contributed by atoms with E-state index in [2.05, 4.69) is 195 Å². The van der Waals surface area contributed by atoms with Crippen LogP contribution in [0.25, 0.3) is 106 Å². The summed E-state index contributed by atoms with van der Waals surface area (Å²) in [5.41, 5.74) is 16.8. The number of rotatable bonds is 9. The van der Waals surface area contributed by atoms with E-state index < -0.39 is 6.04 Å². The topological polar surface area (TPSA) is 52.7 Å². The van der Waals surface area contributed by atoms with E-state index in [9.17, 15) is 0 Å². The third kappa shape index (κ3) is 8.36. The predicted octanol–water partition coefficient (Wildman–Crippen LogP) is 17.2. The number of para-hydroxylation sites is 4. The largest absolute Gasteiger partial charge is 0.460 e. The molecule has 0 atom stereocenters. The van der Waals surface area contributed by atoms with Crippen molar-refractivity contribution in [1.82, 2.24) is 19.1 Å². The third-order valence-electron chi connectivity index (χ3n) is 14.7. The number of pyridine rings is 2. The van der Waals surface area contributed by atoms with Crippen LogP contribution >= 0.6 is 0 Å². The summed E-state index contributed by atoms with van der Waals surface area (Å²) >= 11 is 0. The van der Waals surface area contributed by atoms with E-state index in [4.69, 9.17) is 21.2 Å². The maximum atomic E-state index is 9.10. The van der Waals surface area contributed by atoms with Crippen molar-refractivity contribution in [1.29, 1.82) is 0 Å². The minimum atomic E-state index is -0.424. The maximum absolute atomic E-state index is 9.10. The molecule has 0 saturated heterocycles. The number of fused-ring (bicyclic) bond motifs is 5. The summed E-state index contributed by atoms with van der Waals surface area (Å²) in [5.74, 6) is 0.740. The molecule has 0 fully saturated rings. The number of aromatic nitrogens is 5. The zero-order valence-electron chi connectivity index (χ0n) is 48.3. The summed E-state index contributed by atoms with van der Waals surface area (Å²) in [7, 11) is 0.